The molecule has 0 spiro atoms. The number of piperidine rings is 1. The molecule has 4 nitrogen and oxygen atoms in total. The predicted molar refractivity (Wildman–Crippen MR) is 81.6 cm³/mol. The lowest BCUT2D eigenvalue weighted by molar-refractivity contribution is 0.0635. The zero-order chi connectivity index (χ0) is 14.7. The number of benzene rings is 1. The fourth-order valence-electron chi connectivity index (χ4n) is 2.56. The number of carbonyl (C=O) groups excluding carboxylic acids is 1. The van der Waals surface area contributed by atoms with E-state index in [9.17, 15) is 4.79 Å². The number of carbonyl (C=O) groups is 1. The number of amides is 1. The molecule has 2 rings (SSSR count). The molecule has 1 atom stereocenters. The van der Waals surface area contributed by atoms with Crippen LogP contribution in [0.15, 0.2) is 16.6 Å². The van der Waals surface area contributed by atoms with Gasteiger partial charge in [-0.1, -0.05) is 0 Å². The molecule has 1 aliphatic heterocycles. The average Bonchev–Trinajstić information content (AvgIpc) is 2.47. The second-order valence-corrected chi connectivity index (χ2v) is 5.83. The lowest BCUT2D eigenvalue weighted by Gasteiger charge is -2.33. The van der Waals surface area contributed by atoms with Crippen LogP contribution in [0.3, 0.4) is 0 Å². The first-order chi connectivity index (χ1) is 9.58. The maximum atomic E-state index is 12.7. The second-order valence-electron chi connectivity index (χ2n) is 5.04. The quantitative estimate of drug-likeness (QED) is 0.844. The monoisotopic (exact) mass is 341 g/mol. The Morgan fingerprint density at radius 1 is 1.25 bits per heavy atom. The highest BCUT2D eigenvalue weighted by Gasteiger charge is 2.25. The van der Waals surface area contributed by atoms with Gasteiger partial charge in [0.05, 0.1) is 14.2 Å². The third-order valence-corrected chi connectivity index (χ3v) is 4.54. The normalized spacial score (nSPS) is 18.8. The standard InChI is InChI=1S/C15H20BrNO3/c1-10-6-4-5-7-17(10)15(18)11-8-12(19-2)14(16)13(9-11)20-3/h8-10H,4-7H2,1-3H3. The Labute approximate surface area is 128 Å². The molecule has 0 aliphatic carbocycles. The summed E-state index contributed by atoms with van der Waals surface area (Å²) in [5.74, 6) is 1.26. The molecule has 1 aromatic carbocycles. The number of likely N-dealkylation sites (tertiary alicyclic amines) is 1. The summed E-state index contributed by atoms with van der Waals surface area (Å²) in [6, 6.07) is 3.81. The molecule has 5 heteroatoms. The highest BCUT2D eigenvalue weighted by Crippen LogP contribution is 2.36. The summed E-state index contributed by atoms with van der Waals surface area (Å²) in [5.41, 5.74) is 0.607. The zero-order valence-corrected chi connectivity index (χ0v) is 13.7. The van der Waals surface area contributed by atoms with E-state index >= 15 is 0 Å². The van der Waals surface area contributed by atoms with Crippen molar-refractivity contribution >= 4 is 21.8 Å². The minimum absolute atomic E-state index is 0.0429. The summed E-state index contributed by atoms with van der Waals surface area (Å²) in [6.07, 6.45) is 3.33. The summed E-state index contributed by atoms with van der Waals surface area (Å²) in [4.78, 5) is 14.6. The van der Waals surface area contributed by atoms with Crippen LogP contribution in [0.2, 0.25) is 0 Å². The Balaban J connectivity index is 2.34. The predicted octanol–water partition coefficient (Wildman–Crippen LogP) is 3.48. The van der Waals surface area contributed by atoms with Crippen molar-refractivity contribution in [1.29, 1.82) is 0 Å². The number of hydrogen-bond acceptors (Lipinski definition) is 3. The van der Waals surface area contributed by atoms with Gasteiger partial charge in [0.15, 0.2) is 0 Å². The minimum Gasteiger partial charge on any atom is -0.495 e. The van der Waals surface area contributed by atoms with Gasteiger partial charge in [-0.3, -0.25) is 4.79 Å². The number of methoxy groups -OCH3 is 2. The Kier molecular flexibility index (Phi) is 4.91. The van der Waals surface area contributed by atoms with Crippen LogP contribution in [-0.4, -0.2) is 37.6 Å². The van der Waals surface area contributed by atoms with Gasteiger partial charge in [-0.2, -0.15) is 0 Å². The van der Waals surface area contributed by atoms with Gasteiger partial charge in [-0.05, 0) is 54.2 Å². The maximum Gasteiger partial charge on any atom is 0.254 e. The highest BCUT2D eigenvalue weighted by atomic mass is 79.9. The van der Waals surface area contributed by atoms with Crippen LogP contribution in [0.25, 0.3) is 0 Å². The molecule has 1 unspecified atom stereocenters. The molecule has 1 saturated heterocycles. The van der Waals surface area contributed by atoms with Crippen molar-refractivity contribution in [3.8, 4) is 11.5 Å². The summed E-state index contributed by atoms with van der Waals surface area (Å²) >= 11 is 3.42. The fraction of sp³-hybridized carbons (Fsp3) is 0.533. The number of nitrogens with zero attached hydrogens (tertiary/aromatic N) is 1. The van der Waals surface area contributed by atoms with E-state index in [0.29, 0.717) is 17.1 Å². The summed E-state index contributed by atoms with van der Waals surface area (Å²) in [7, 11) is 3.16. The third kappa shape index (κ3) is 2.92. The highest BCUT2D eigenvalue weighted by molar-refractivity contribution is 9.10. The third-order valence-electron chi connectivity index (χ3n) is 3.76. The topological polar surface area (TPSA) is 38.8 Å². The van der Waals surface area contributed by atoms with Crippen LogP contribution >= 0.6 is 15.9 Å². The average molecular weight is 342 g/mol. The number of hydrogen-bond donors (Lipinski definition) is 0. The van der Waals surface area contributed by atoms with Gasteiger partial charge in [0.2, 0.25) is 0 Å². The van der Waals surface area contributed by atoms with Crippen molar-refractivity contribution in [2.75, 3.05) is 20.8 Å². The Bertz CT molecular complexity index is 479. The molecule has 1 fully saturated rings. The lowest BCUT2D eigenvalue weighted by atomic mass is 10.0. The van der Waals surface area contributed by atoms with Crippen LogP contribution in [0, 0.1) is 0 Å². The van der Waals surface area contributed by atoms with E-state index in [1.165, 1.54) is 6.42 Å². The van der Waals surface area contributed by atoms with Crippen molar-refractivity contribution in [2.45, 2.75) is 32.2 Å². The first-order valence-electron chi connectivity index (χ1n) is 6.81. The maximum absolute atomic E-state index is 12.7. The van der Waals surface area contributed by atoms with E-state index in [1.54, 1.807) is 26.4 Å². The molecule has 0 N–H and O–H groups in total. The first kappa shape index (κ1) is 15.2. The molecule has 1 aliphatic rings. The fourth-order valence-corrected chi connectivity index (χ4v) is 3.11. The largest absolute Gasteiger partial charge is 0.495 e. The molecule has 20 heavy (non-hydrogen) atoms. The van der Waals surface area contributed by atoms with Gasteiger partial charge in [0.25, 0.3) is 5.91 Å². The van der Waals surface area contributed by atoms with Crippen LogP contribution in [0.4, 0.5) is 0 Å². The van der Waals surface area contributed by atoms with E-state index in [1.807, 2.05) is 4.90 Å². The van der Waals surface area contributed by atoms with Crippen LogP contribution in [0.5, 0.6) is 11.5 Å². The number of ether oxygens (including phenoxy) is 2. The van der Waals surface area contributed by atoms with Gasteiger partial charge in [0.1, 0.15) is 16.0 Å². The molecule has 0 radical (unpaired) electrons. The number of rotatable bonds is 3. The van der Waals surface area contributed by atoms with Crippen molar-refractivity contribution < 1.29 is 14.3 Å². The van der Waals surface area contributed by atoms with Crippen LogP contribution in [-0.2, 0) is 0 Å². The molecular formula is C15H20BrNO3. The van der Waals surface area contributed by atoms with E-state index in [4.69, 9.17) is 9.47 Å². The van der Waals surface area contributed by atoms with E-state index in [0.717, 1.165) is 23.9 Å². The van der Waals surface area contributed by atoms with Crippen molar-refractivity contribution in [2.24, 2.45) is 0 Å². The molecule has 1 aromatic rings. The molecule has 0 bridgehead atoms. The Morgan fingerprint density at radius 3 is 2.35 bits per heavy atom. The van der Waals surface area contributed by atoms with Gasteiger partial charge in [-0.15, -0.1) is 0 Å². The smallest absolute Gasteiger partial charge is 0.254 e. The SMILES string of the molecule is COc1cc(C(=O)N2CCCCC2C)cc(OC)c1Br. The molecule has 1 heterocycles. The van der Waals surface area contributed by atoms with Gasteiger partial charge in [-0.25, -0.2) is 0 Å². The van der Waals surface area contributed by atoms with Crippen molar-refractivity contribution in [3.05, 3.63) is 22.2 Å². The second kappa shape index (κ2) is 6.48. The summed E-state index contributed by atoms with van der Waals surface area (Å²) in [5, 5.41) is 0. The van der Waals surface area contributed by atoms with Crippen LogP contribution < -0.4 is 9.47 Å². The minimum atomic E-state index is 0.0429. The number of halogens is 1. The molecule has 1 amide bonds. The zero-order valence-electron chi connectivity index (χ0n) is 12.1. The van der Waals surface area contributed by atoms with E-state index < -0.39 is 0 Å². The van der Waals surface area contributed by atoms with Gasteiger partial charge < -0.3 is 14.4 Å². The van der Waals surface area contributed by atoms with Crippen molar-refractivity contribution in [1.82, 2.24) is 4.90 Å². The summed E-state index contributed by atoms with van der Waals surface area (Å²) in [6.45, 7) is 2.92. The molecule has 110 valence electrons. The Morgan fingerprint density at radius 2 is 1.85 bits per heavy atom. The van der Waals surface area contributed by atoms with Crippen LogP contribution in [0.1, 0.15) is 36.5 Å². The summed E-state index contributed by atoms with van der Waals surface area (Å²) < 4.78 is 11.3. The van der Waals surface area contributed by atoms with E-state index in [-0.39, 0.29) is 11.9 Å². The lowest BCUT2D eigenvalue weighted by Crippen LogP contribution is -2.42. The van der Waals surface area contributed by atoms with Gasteiger partial charge >= 0.3 is 0 Å². The molecule has 0 saturated carbocycles. The first-order valence-corrected chi connectivity index (χ1v) is 7.60. The molecule has 0 aromatic heterocycles. The molecular weight excluding hydrogens is 322 g/mol. The van der Waals surface area contributed by atoms with E-state index in [2.05, 4.69) is 22.9 Å². The van der Waals surface area contributed by atoms with Gasteiger partial charge in [0, 0.05) is 18.2 Å². The Hall–Kier alpha value is -1.23. The van der Waals surface area contributed by atoms with Crippen molar-refractivity contribution in [3.63, 3.8) is 0 Å².